The summed E-state index contributed by atoms with van der Waals surface area (Å²) >= 11 is 8.00. The molecule has 0 aromatic heterocycles. The fourth-order valence-electron chi connectivity index (χ4n) is 1.71. The summed E-state index contributed by atoms with van der Waals surface area (Å²) in [5, 5.41) is 4.82. The van der Waals surface area contributed by atoms with Crippen molar-refractivity contribution in [1.82, 2.24) is 5.32 Å². The molecular weight excluding hydrogens is 228 g/mol. The van der Waals surface area contributed by atoms with Crippen LogP contribution in [-0.2, 0) is 0 Å². The molecule has 82 valence electrons. The van der Waals surface area contributed by atoms with E-state index in [9.17, 15) is 0 Å². The smallest absolute Gasteiger partial charge is 0.0562 e. The molecule has 3 N–H and O–H groups in total. The monoisotopic (exact) mass is 242 g/mol. The second kappa shape index (κ2) is 5.10. The van der Waals surface area contributed by atoms with Crippen LogP contribution >= 0.6 is 23.4 Å². The van der Waals surface area contributed by atoms with Gasteiger partial charge in [-0.05, 0) is 44.1 Å². The van der Waals surface area contributed by atoms with E-state index in [1.54, 1.807) is 0 Å². The van der Waals surface area contributed by atoms with Crippen LogP contribution in [0.5, 0.6) is 0 Å². The van der Waals surface area contributed by atoms with Crippen LogP contribution in [0.2, 0.25) is 5.02 Å². The normalized spacial score (nSPS) is 17.9. The van der Waals surface area contributed by atoms with Crippen molar-refractivity contribution >= 4 is 29.1 Å². The van der Waals surface area contributed by atoms with Crippen molar-refractivity contribution in [3.63, 3.8) is 0 Å². The highest BCUT2D eigenvalue weighted by molar-refractivity contribution is 8.00. The maximum atomic E-state index is 6.13. The largest absolute Gasteiger partial charge is 0.399 e. The van der Waals surface area contributed by atoms with Gasteiger partial charge in [0.1, 0.15) is 0 Å². The number of hydrogen-bond donors (Lipinski definition) is 2. The van der Waals surface area contributed by atoms with E-state index in [4.69, 9.17) is 17.3 Å². The van der Waals surface area contributed by atoms with Crippen LogP contribution in [0.25, 0.3) is 0 Å². The molecule has 0 aliphatic carbocycles. The lowest BCUT2D eigenvalue weighted by Crippen LogP contribution is -2.29. The van der Waals surface area contributed by atoms with Crippen LogP contribution < -0.4 is 11.1 Å². The summed E-state index contributed by atoms with van der Waals surface area (Å²) in [4.78, 5) is 1.15. The first-order chi connectivity index (χ1) is 7.25. The Kier molecular flexibility index (Phi) is 3.78. The second-order valence-electron chi connectivity index (χ2n) is 3.76. The predicted octanol–water partition coefficient (Wildman–Crippen LogP) is 2.77. The van der Waals surface area contributed by atoms with E-state index in [0.29, 0.717) is 5.25 Å². The molecule has 2 rings (SSSR count). The lowest BCUT2D eigenvalue weighted by atomic mass is 10.2. The third-order valence-electron chi connectivity index (χ3n) is 2.54. The number of nitrogens with one attached hydrogen (secondary N) is 1. The van der Waals surface area contributed by atoms with E-state index in [2.05, 4.69) is 5.32 Å². The van der Waals surface area contributed by atoms with Crippen LogP contribution in [0.3, 0.4) is 0 Å². The Balaban J connectivity index is 2.03. The highest BCUT2D eigenvalue weighted by Crippen LogP contribution is 2.34. The van der Waals surface area contributed by atoms with Gasteiger partial charge in [-0.1, -0.05) is 11.6 Å². The Morgan fingerprint density at radius 1 is 1.33 bits per heavy atom. The zero-order chi connectivity index (χ0) is 10.7. The molecule has 1 heterocycles. The van der Waals surface area contributed by atoms with Gasteiger partial charge in [-0.25, -0.2) is 0 Å². The van der Waals surface area contributed by atoms with Gasteiger partial charge in [0.15, 0.2) is 0 Å². The van der Waals surface area contributed by atoms with Gasteiger partial charge in [0.05, 0.1) is 5.02 Å². The lowest BCUT2D eigenvalue weighted by molar-refractivity contribution is 0.531. The topological polar surface area (TPSA) is 38.0 Å². The van der Waals surface area contributed by atoms with Crippen molar-refractivity contribution in [1.29, 1.82) is 0 Å². The number of benzene rings is 1. The Hall–Kier alpha value is -0.380. The molecule has 4 heteroatoms. The summed E-state index contributed by atoms with van der Waals surface area (Å²) in [6.07, 6.45) is 2.43. The number of anilines is 1. The summed E-state index contributed by atoms with van der Waals surface area (Å²) in [6, 6.07) is 5.75. The highest BCUT2D eigenvalue weighted by atomic mass is 35.5. The van der Waals surface area contributed by atoms with Crippen LogP contribution in [0.15, 0.2) is 23.1 Å². The molecule has 1 aliphatic heterocycles. The molecule has 1 fully saturated rings. The zero-order valence-corrected chi connectivity index (χ0v) is 10.1. The Bertz CT molecular complexity index is 337. The molecule has 0 amide bonds. The number of nitrogens with two attached hydrogens (primary N) is 1. The maximum Gasteiger partial charge on any atom is 0.0562 e. The van der Waals surface area contributed by atoms with Crippen LogP contribution in [0.4, 0.5) is 5.69 Å². The Morgan fingerprint density at radius 2 is 2.07 bits per heavy atom. The SMILES string of the molecule is Nc1ccc(SC2CCNCC2)c(Cl)c1. The first kappa shape index (κ1) is 11.1. The lowest BCUT2D eigenvalue weighted by Gasteiger charge is -2.22. The summed E-state index contributed by atoms with van der Waals surface area (Å²) < 4.78 is 0. The summed E-state index contributed by atoms with van der Waals surface area (Å²) in [5.41, 5.74) is 6.39. The fraction of sp³-hybridized carbons (Fsp3) is 0.455. The molecule has 0 saturated carbocycles. The maximum absolute atomic E-state index is 6.13. The molecule has 0 spiro atoms. The molecular formula is C11H15ClN2S. The molecule has 2 nitrogen and oxygen atoms in total. The molecule has 1 saturated heterocycles. The van der Waals surface area contributed by atoms with Gasteiger partial charge in [-0.2, -0.15) is 0 Å². The molecule has 0 unspecified atom stereocenters. The number of thioether (sulfide) groups is 1. The highest BCUT2D eigenvalue weighted by Gasteiger charge is 2.15. The average molecular weight is 243 g/mol. The number of nitrogen functional groups attached to an aromatic ring is 1. The summed E-state index contributed by atoms with van der Waals surface area (Å²) in [7, 11) is 0. The van der Waals surface area contributed by atoms with E-state index >= 15 is 0 Å². The predicted molar refractivity (Wildman–Crippen MR) is 67.6 cm³/mol. The van der Waals surface area contributed by atoms with Crippen LogP contribution in [0.1, 0.15) is 12.8 Å². The molecule has 0 atom stereocenters. The quantitative estimate of drug-likeness (QED) is 0.784. The van der Waals surface area contributed by atoms with E-state index in [1.807, 2.05) is 30.0 Å². The number of halogens is 1. The van der Waals surface area contributed by atoms with Crippen molar-refractivity contribution in [3.05, 3.63) is 23.2 Å². The minimum atomic E-state index is 0.687. The molecule has 1 aromatic carbocycles. The van der Waals surface area contributed by atoms with Gasteiger partial charge >= 0.3 is 0 Å². The van der Waals surface area contributed by atoms with Crippen LogP contribution in [0, 0.1) is 0 Å². The minimum Gasteiger partial charge on any atom is -0.399 e. The van der Waals surface area contributed by atoms with E-state index in [-0.39, 0.29) is 0 Å². The number of rotatable bonds is 2. The first-order valence-corrected chi connectivity index (χ1v) is 6.44. The first-order valence-electron chi connectivity index (χ1n) is 5.18. The molecule has 1 aliphatic rings. The third-order valence-corrected chi connectivity index (χ3v) is 4.38. The fourth-order valence-corrected chi connectivity index (χ4v) is 3.18. The molecule has 1 aromatic rings. The molecule has 0 radical (unpaired) electrons. The average Bonchev–Trinajstić information content (AvgIpc) is 2.24. The minimum absolute atomic E-state index is 0.687. The van der Waals surface area contributed by atoms with E-state index < -0.39 is 0 Å². The van der Waals surface area contributed by atoms with Gasteiger partial charge in [-0.3, -0.25) is 0 Å². The Labute approximate surface area is 99.6 Å². The van der Waals surface area contributed by atoms with E-state index in [0.717, 1.165) is 28.7 Å². The second-order valence-corrected chi connectivity index (χ2v) is 5.51. The third kappa shape index (κ3) is 3.03. The summed E-state index contributed by atoms with van der Waals surface area (Å²) in [5.74, 6) is 0. The van der Waals surface area contributed by atoms with Gasteiger partial charge in [-0.15, -0.1) is 11.8 Å². The van der Waals surface area contributed by atoms with E-state index in [1.165, 1.54) is 12.8 Å². The number of piperidine rings is 1. The number of hydrogen-bond acceptors (Lipinski definition) is 3. The van der Waals surface area contributed by atoms with Crippen molar-refractivity contribution in [2.45, 2.75) is 23.0 Å². The molecule has 15 heavy (non-hydrogen) atoms. The molecule has 0 bridgehead atoms. The van der Waals surface area contributed by atoms with Gasteiger partial charge in [0, 0.05) is 15.8 Å². The van der Waals surface area contributed by atoms with Gasteiger partial charge in [0.2, 0.25) is 0 Å². The summed E-state index contributed by atoms with van der Waals surface area (Å²) in [6.45, 7) is 2.23. The van der Waals surface area contributed by atoms with Crippen molar-refractivity contribution < 1.29 is 0 Å². The zero-order valence-electron chi connectivity index (χ0n) is 8.50. The van der Waals surface area contributed by atoms with Gasteiger partial charge < -0.3 is 11.1 Å². The van der Waals surface area contributed by atoms with Crippen molar-refractivity contribution in [2.24, 2.45) is 0 Å². The van der Waals surface area contributed by atoms with Crippen molar-refractivity contribution in [3.8, 4) is 0 Å². The Morgan fingerprint density at radius 3 is 2.73 bits per heavy atom. The van der Waals surface area contributed by atoms with Gasteiger partial charge in [0.25, 0.3) is 0 Å². The van der Waals surface area contributed by atoms with Crippen molar-refractivity contribution in [2.75, 3.05) is 18.8 Å². The van der Waals surface area contributed by atoms with Crippen LogP contribution in [-0.4, -0.2) is 18.3 Å². The standard InChI is InChI=1S/C11H15ClN2S/c12-10-7-8(13)1-2-11(10)15-9-3-5-14-6-4-9/h1-2,7,9,14H,3-6,13H2.